The summed E-state index contributed by atoms with van der Waals surface area (Å²) in [6, 6.07) is 16.8. The summed E-state index contributed by atoms with van der Waals surface area (Å²) in [5.74, 6) is -0.603. The summed E-state index contributed by atoms with van der Waals surface area (Å²) < 4.78 is 0. The van der Waals surface area contributed by atoms with Crippen molar-refractivity contribution in [2.24, 2.45) is 0 Å². The average Bonchev–Trinajstić information content (AvgIpc) is 3.35. The van der Waals surface area contributed by atoms with Crippen LogP contribution in [0.1, 0.15) is 12.5 Å². The Morgan fingerprint density at radius 3 is 2.62 bits per heavy atom. The van der Waals surface area contributed by atoms with E-state index < -0.39 is 6.04 Å². The molecule has 0 bridgehead atoms. The molecule has 0 aliphatic heterocycles. The van der Waals surface area contributed by atoms with Crippen LogP contribution in [0.15, 0.2) is 60.8 Å². The van der Waals surface area contributed by atoms with Gasteiger partial charge in [-0.25, -0.2) is 0 Å². The van der Waals surface area contributed by atoms with Crippen LogP contribution in [0.2, 0.25) is 0 Å². The summed E-state index contributed by atoms with van der Waals surface area (Å²) >= 11 is 1.29. The summed E-state index contributed by atoms with van der Waals surface area (Å²) in [4.78, 5) is 27.7. The zero-order valence-electron chi connectivity index (χ0n) is 15.7. The molecule has 4 aromatic rings. The monoisotopic (exact) mass is 405 g/mol. The average molecular weight is 405 g/mol. The van der Waals surface area contributed by atoms with E-state index in [0.717, 1.165) is 22.0 Å². The second-order valence-electron chi connectivity index (χ2n) is 6.58. The Bertz CT molecular complexity index is 1150. The summed E-state index contributed by atoms with van der Waals surface area (Å²) in [6.07, 6.45) is 2.23. The lowest BCUT2D eigenvalue weighted by Gasteiger charge is -2.16. The highest BCUT2D eigenvalue weighted by atomic mass is 32.1. The zero-order chi connectivity index (χ0) is 20.2. The van der Waals surface area contributed by atoms with Crippen LogP contribution >= 0.6 is 11.3 Å². The summed E-state index contributed by atoms with van der Waals surface area (Å²) in [7, 11) is 0. The van der Waals surface area contributed by atoms with Gasteiger partial charge in [-0.05, 0) is 11.6 Å². The van der Waals surface area contributed by atoms with E-state index in [9.17, 15) is 9.59 Å². The van der Waals surface area contributed by atoms with Gasteiger partial charge in [0.25, 0.3) is 0 Å². The van der Waals surface area contributed by atoms with E-state index in [0.29, 0.717) is 16.6 Å². The van der Waals surface area contributed by atoms with Gasteiger partial charge in [0.05, 0.1) is 0 Å². The number of hydrogen-bond donors (Lipinski definition) is 3. The van der Waals surface area contributed by atoms with Gasteiger partial charge in [0.2, 0.25) is 16.9 Å². The highest BCUT2D eigenvalue weighted by molar-refractivity contribution is 7.18. The highest BCUT2D eigenvalue weighted by Crippen LogP contribution is 2.26. The number of carbonyl (C=O) groups is 2. The predicted octanol–water partition coefficient (Wildman–Crippen LogP) is 3.37. The fourth-order valence-electron chi connectivity index (χ4n) is 3.14. The van der Waals surface area contributed by atoms with Gasteiger partial charge in [-0.1, -0.05) is 59.9 Å². The molecule has 8 heteroatoms. The molecule has 0 radical (unpaired) electrons. The number of hydrogen-bond acceptors (Lipinski definition) is 5. The van der Waals surface area contributed by atoms with Crippen molar-refractivity contribution in [2.75, 3.05) is 5.32 Å². The van der Waals surface area contributed by atoms with Crippen LogP contribution in [-0.4, -0.2) is 33.0 Å². The molecule has 0 saturated heterocycles. The van der Waals surface area contributed by atoms with Crippen molar-refractivity contribution in [3.8, 4) is 10.6 Å². The van der Waals surface area contributed by atoms with E-state index in [1.54, 1.807) is 0 Å². The summed E-state index contributed by atoms with van der Waals surface area (Å²) in [6.45, 7) is 1.40. The van der Waals surface area contributed by atoms with Gasteiger partial charge in [0, 0.05) is 36.0 Å². The van der Waals surface area contributed by atoms with Crippen LogP contribution in [-0.2, 0) is 16.0 Å². The molecule has 0 aliphatic carbocycles. The maximum atomic E-state index is 12.9. The van der Waals surface area contributed by atoms with Gasteiger partial charge in [0.15, 0.2) is 0 Å². The predicted molar refractivity (Wildman–Crippen MR) is 114 cm³/mol. The van der Waals surface area contributed by atoms with Crippen molar-refractivity contribution in [1.29, 1.82) is 0 Å². The number of aromatic amines is 1. The van der Waals surface area contributed by atoms with Crippen LogP contribution in [0, 0.1) is 0 Å². The SMILES string of the molecule is CC(=O)NC(Cc1c[nH]c2ccccc12)C(=O)Nc1nnc(-c2ccccc2)s1. The van der Waals surface area contributed by atoms with Gasteiger partial charge >= 0.3 is 0 Å². The molecule has 0 spiro atoms. The lowest BCUT2D eigenvalue weighted by Crippen LogP contribution is -2.44. The molecule has 0 aliphatic rings. The second-order valence-corrected chi connectivity index (χ2v) is 7.56. The van der Waals surface area contributed by atoms with Crippen molar-refractivity contribution >= 4 is 39.2 Å². The van der Waals surface area contributed by atoms with Crippen molar-refractivity contribution in [3.05, 3.63) is 66.4 Å². The first-order chi connectivity index (χ1) is 14.1. The number of aromatic nitrogens is 3. The first-order valence-corrected chi connectivity index (χ1v) is 9.93. The minimum absolute atomic E-state index is 0.271. The molecule has 2 aromatic carbocycles. The largest absolute Gasteiger partial charge is 0.361 e. The van der Waals surface area contributed by atoms with Gasteiger partial charge in [-0.15, -0.1) is 10.2 Å². The van der Waals surface area contributed by atoms with Gasteiger partial charge < -0.3 is 10.3 Å². The third kappa shape index (κ3) is 4.33. The number of H-pyrrole nitrogens is 1. The summed E-state index contributed by atoms with van der Waals surface area (Å²) in [5.41, 5.74) is 2.88. The number of anilines is 1. The zero-order valence-corrected chi connectivity index (χ0v) is 16.5. The standard InChI is InChI=1S/C21H19N5O2S/c1-13(27)23-18(11-15-12-22-17-10-6-5-9-16(15)17)19(28)24-21-26-25-20(29-21)14-7-3-2-4-8-14/h2-10,12,18,22H,11H2,1H3,(H,23,27)(H,24,26,28). The Hall–Kier alpha value is -3.52. The number of fused-ring (bicyclic) bond motifs is 1. The smallest absolute Gasteiger partial charge is 0.249 e. The molecular formula is C21H19N5O2S. The second kappa shape index (κ2) is 8.24. The van der Waals surface area contributed by atoms with E-state index in [-0.39, 0.29) is 11.8 Å². The van der Waals surface area contributed by atoms with Crippen LogP contribution < -0.4 is 10.6 Å². The summed E-state index contributed by atoms with van der Waals surface area (Å²) in [5, 5.41) is 15.8. The lowest BCUT2D eigenvalue weighted by molar-refractivity contribution is -0.125. The molecule has 29 heavy (non-hydrogen) atoms. The minimum atomic E-state index is -0.726. The molecular weight excluding hydrogens is 386 g/mol. The van der Waals surface area contributed by atoms with E-state index >= 15 is 0 Å². The Balaban J connectivity index is 1.52. The van der Waals surface area contributed by atoms with Gasteiger partial charge in [-0.3, -0.25) is 14.9 Å². The molecule has 2 aromatic heterocycles. The Kier molecular flexibility index (Phi) is 5.35. The molecule has 146 valence electrons. The number of nitrogens with one attached hydrogen (secondary N) is 3. The Morgan fingerprint density at radius 2 is 1.83 bits per heavy atom. The highest BCUT2D eigenvalue weighted by Gasteiger charge is 2.23. The first kappa shape index (κ1) is 18.8. The van der Waals surface area contributed by atoms with Crippen LogP contribution in [0.4, 0.5) is 5.13 Å². The van der Waals surface area contributed by atoms with Crippen molar-refractivity contribution in [2.45, 2.75) is 19.4 Å². The molecule has 3 N–H and O–H groups in total. The molecule has 0 fully saturated rings. The molecule has 4 rings (SSSR count). The van der Waals surface area contributed by atoms with Crippen LogP contribution in [0.25, 0.3) is 21.5 Å². The number of carbonyl (C=O) groups excluding carboxylic acids is 2. The minimum Gasteiger partial charge on any atom is -0.361 e. The van der Waals surface area contributed by atoms with E-state index in [1.807, 2.05) is 60.8 Å². The third-order valence-electron chi connectivity index (χ3n) is 4.47. The number of benzene rings is 2. The fraction of sp³-hybridized carbons (Fsp3) is 0.143. The number of nitrogens with zero attached hydrogens (tertiary/aromatic N) is 2. The van der Waals surface area contributed by atoms with Crippen LogP contribution in [0.5, 0.6) is 0 Å². The molecule has 0 saturated carbocycles. The molecule has 7 nitrogen and oxygen atoms in total. The quantitative estimate of drug-likeness (QED) is 0.458. The fourth-order valence-corrected chi connectivity index (χ4v) is 3.89. The Labute approximate surface area is 171 Å². The van der Waals surface area contributed by atoms with Gasteiger partial charge in [-0.2, -0.15) is 0 Å². The maximum Gasteiger partial charge on any atom is 0.249 e. The lowest BCUT2D eigenvalue weighted by atomic mass is 10.0. The van der Waals surface area contributed by atoms with Crippen LogP contribution in [0.3, 0.4) is 0 Å². The molecule has 1 atom stereocenters. The van der Waals surface area contributed by atoms with E-state index in [4.69, 9.17) is 0 Å². The van der Waals surface area contributed by atoms with E-state index in [2.05, 4.69) is 25.8 Å². The van der Waals surface area contributed by atoms with E-state index in [1.165, 1.54) is 18.3 Å². The number of amides is 2. The molecule has 2 amide bonds. The van der Waals surface area contributed by atoms with Crippen molar-refractivity contribution in [3.63, 3.8) is 0 Å². The first-order valence-electron chi connectivity index (χ1n) is 9.12. The topological polar surface area (TPSA) is 99.8 Å². The Morgan fingerprint density at radius 1 is 1.07 bits per heavy atom. The van der Waals surface area contributed by atoms with Gasteiger partial charge in [0.1, 0.15) is 11.0 Å². The third-order valence-corrected chi connectivity index (χ3v) is 5.36. The maximum absolute atomic E-state index is 12.9. The number of para-hydroxylation sites is 1. The normalized spacial score (nSPS) is 11.9. The van der Waals surface area contributed by atoms with Crippen molar-refractivity contribution in [1.82, 2.24) is 20.5 Å². The number of rotatable bonds is 6. The molecule has 2 heterocycles. The van der Waals surface area contributed by atoms with Crippen molar-refractivity contribution < 1.29 is 9.59 Å². The molecule has 1 unspecified atom stereocenters.